The molecule has 0 saturated carbocycles. The topological polar surface area (TPSA) is 58.6 Å². The summed E-state index contributed by atoms with van der Waals surface area (Å²) in [7, 11) is 0. The number of piperazine rings is 1. The average Bonchev–Trinajstić information content (AvgIpc) is 2.28. The Labute approximate surface area is 122 Å². The Morgan fingerprint density at radius 3 is 2.40 bits per heavy atom. The van der Waals surface area contributed by atoms with Crippen molar-refractivity contribution in [1.29, 1.82) is 0 Å². The Morgan fingerprint density at radius 2 is 1.90 bits per heavy atom. The molecule has 1 rings (SSSR count). The normalized spacial score (nSPS) is 22.9. The zero-order chi connectivity index (χ0) is 15.6. The molecule has 1 fully saturated rings. The summed E-state index contributed by atoms with van der Waals surface area (Å²) in [4.78, 5) is 26.3. The summed E-state index contributed by atoms with van der Waals surface area (Å²) >= 11 is 0. The van der Waals surface area contributed by atoms with Crippen LogP contribution in [-0.4, -0.2) is 47.0 Å². The molecule has 0 aliphatic carbocycles. The van der Waals surface area contributed by atoms with Crippen molar-refractivity contribution in [3.8, 4) is 0 Å². The van der Waals surface area contributed by atoms with Crippen LogP contribution in [0.15, 0.2) is 0 Å². The van der Waals surface area contributed by atoms with Gasteiger partial charge in [-0.2, -0.15) is 0 Å². The van der Waals surface area contributed by atoms with E-state index in [2.05, 4.69) is 5.32 Å². The van der Waals surface area contributed by atoms with Crippen LogP contribution < -0.4 is 5.32 Å². The minimum Gasteiger partial charge on any atom is -0.374 e. The van der Waals surface area contributed by atoms with Gasteiger partial charge in [0.2, 0.25) is 11.8 Å². The molecule has 1 unspecified atom stereocenters. The fourth-order valence-electron chi connectivity index (χ4n) is 2.35. The van der Waals surface area contributed by atoms with E-state index in [1.54, 1.807) is 18.7 Å². The van der Waals surface area contributed by atoms with Crippen LogP contribution in [0.25, 0.3) is 0 Å². The van der Waals surface area contributed by atoms with Gasteiger partial charge in [0.15, 0.2) is 0 Å². The van der Waals surface area contributed by atoms with Crippen molar-refractivity contribution in [2.24, 2.45) is 0 Å². The van der Waals surface area contributed by atoms with Crippen LogP contribution in [0.4, 0.5) is 0 Å². The summed E-state index contributed by atoms with van der Waals surface area (Å²) in [6.07, 6.45) is 1.55. The zero-order valence-corrected chi connectivity index (χ0v) is 13.6. The van der Waals surface area contributed by atoms with Crippen LogP contribution in [0.2, 0.25) is 0 Å². The molecule has 0 spiro atoms. The van der Waals surface area contributed by atoms with E-state index in [-0.39, 0.29) is 23.5 Å². The molecule has 0 aromatic carbocycles. The lowest BCUT2D eigenvalue weighted by Crippen LogP contribution is -2.68. The van der Waals surface area contributed by atoms with Crippen LogP contribution in [0.5, 0.6) is 0 Å². The third kappa shape index (κ3) is 4.20. The highest BCUT2D eigenvalue weighted by Crippen LogP contribution is 2.21. The molecular formula is C15H28N2O3. The maximum Gasteiger partial charge on any atom is 0.248 e. The Morgan fingerprint density at radius 1 is 1.30 bits per heavy atom. The number of hydrogen-bond donors (Lipinski definition) is 1. The van der Waals surface area contributed by atoms with Crippen LogP contribution >= 0.6 is 0 Å². The fraction of sp³-hybridized carbons (Fsp3) is 0.867. The first kappa shape index (κ1) is 17.0. The zero-order valence-electron chi connectivity index (χ0n) is 13.6. The quantitative estimate of drug-likeness (QED) is 0.836. The van der Waals surface area contributed by atoms with Crippen molar-refractivity contribution in [2.45, 2.75) is 71.6 Å². The van der Waals surface area contributed by atoms with E-state index in [4.69, 9.17) is 4.74 Å². The van der Waals surface area contributed by atoms with E-state index >= 15 is 0 Å². The number of nitrogens with one attached hydrogen (secondary N) is 1. The van der Waals surface area contributed by atoms with E-state index < -0.39 is 5.54 Å². The van der Waals surface area contributed by atoms with Gasteiger partial charge in [-0.15, -0.1) is 0 Å². The van der Waals surface area contributed by atoms with Gasteiger partial charge in [-0.05, 0) is 41.0 Å². The molecule has 1 heterocycles. The van der Waals surface area contributed by atoms with Crippen molar-refractivity contribution < 1.29 is 14.3 Å². The number of carbonyl (C=O) groups is 2. The summed E-state index contributed by atoms with van der Waals surface area (Å²) in [6, 6.07) is -0.371. The van der Waals surface area contributed by atoms with Gasteiger partial charge in [-0.25, -0.2) is 0 Å². The molecule has 0 aromatic heterocycles. The maximum atomic E-state index is 12.5. The van der Waals surface area contributed by atoms with Gasteiger partial charge in [0, 0.05) is 6.54 Å². The van der Waals surface area contributed by atoms with Gasteiger partial charge in [-0.1, -0.05) is 13.3 Å². The van der Waals surface area contributed by atoms with Gasteiger partial charge < -0.3 is 15.0 Å². The van der Waals surface area contributed by atoms with E-state index in [1.165, 1.54) is 0 Å². The minimum absolute atomic E-state index is 0.0342. The van der Waals surface area contributed by atoms with Crippen LogP contribution in [0, 0.1) is 0 Å². The summed E-state index contributed by atoms with van der Waals surface area (Å²) < 4.78 is 5.68. The lowest BCUT2D eigenvalue weighted by molar-refractivity contribution is -0.155. The predicted octanol–water partition coefficient (Wildman–Crippen LogP) is 1.71. The second-order valence-corrected chi connectivity index (χ2v) is 6.88. The molecule has 1 atom stereocenters. The summed E-state index contributed by atoms with van der Waals surface area (Å²) in [6.45, 7) is 12.3. The van der Waals surface area contributed by atoms with E-state index in [9.17, 15) is 9.59 Å². The van der Waals surface area contributed by atoms with Gasteiger partial charge in [0.05, 0.1) is 12.2 Å². The molecule has 1 aliphatic heterocycles. The molecule has 1 saturated heterocycles. The van der Waals surface area contributed by atoms with Crippen LogP contribution in [0.1, 0.15) is 54.4 Å². The van der Waals surface area contributed by atoms with Crippen molar-refractivity contribution >= 4 is 11.8 Å². The Hall–Kier alpha value is -1.10. The van der Waals surface area contributed by atoms with Gasteiger partial charge in [-0.3, -0.25) is 9.59 Å². The molecule has 116 valence electrons. The first-order valence-corrected chi connectivity index (χ1v) is 7.35. The highest BCUT2D eigenvalue weighted by Gasteiger charge is 2.44. The van der Waals surface area contributed by atoms with Crippen molar-refractivity contribution in [3.63, 3.8) is 0 Å². The number of ether oxygens (including phenoxy) is 1. The molecule has 0 radical (unpaired) electrons. The van der Waals surface area contributed by atoms with E-state index in [1.807, 2.05) is 27.7 Å². The summed E-state index contributed by atoms with van der Waals surface area (Å²) in [5.41, 5.74) is -1.07. The Bertz CT molecular complexity index is 372. The fourth-order valence-corrected chi connectivity index (χ4v) is 2.35. The molecule has 0 bridgehead atoms. The predicted molar refractivity (Wildman–Crippen MR) is 78.3 cm³/mol. The average molecular weight is 284 g/mol. The summed E-state index contributed by atoms with van der Waals surface area (Å²) in [5, 5.41) is 2.81. The molecule has 1 N–H and O–H groups in total. The molecule has 5 nitrogen and oxygen atoms in total. The van der Waals surface area contributed by atoms with Crippen LogP contribution in [-0.2, 0) is 14.3 Å². The van der Waals surface area contributed by atoms with E-state index in [0.717, 1.165) is 6.42 Å². The minimum atomic E-state index is -0.830. The largest absolute Gasteiger partial charge is 0.374 e. The summed E-state index contributed by atoms with van der Waals surface area (Å²) in [5.74, 6) is -0.0970. The lowest BCUT2D eigenvalue weighted by atomic mass is 9.95. The molecule has 0 aromatic rings. The second-order valence-electron chi connectivity index (χ2n) is 6.88. The molecular weight excluding hydrogens is 256 g/mol. The van der Waals surface area contributed by atoms with Crippen molar-refractivity contribution in [1.82, 2.24) is 10.2 Å². The SMILES string of the molecule is CCCC1C(=O)NC(C)(C)C(=O)N1CCOC(C)(C)C. The van der Waals surface area contributed by atoms with Crippen molar-refractivity contribution in [3.05, 3.63) is 0 Å². The lowest BCUT2D eigenvalue weighted by Gasteiger charge is -2.43. The second kappa shape index (κ2) is 6.12. The smallest absolute Gasteiger partial charge is 0.248 e. The van der Waals surface area contributed by atoms with Gasteiger partial charge in [0.1, 0.15) is 11.6 Å². The molecule has 20 heavy (non-hydrogen) atoms. The van der Waals surface area contributed by atoms with Gasteiger partial charge in [0.25, 0.3) is 0 Å². The molecule has 1 aliphatic rings. The van der Waals surface area contributed by atoms with Crippen molar-refractivity contribution in [2.75, 3.05) is 13.2 Å². The number of rotatable bonds is 5. The first-order valence-electron chi connectivity index (χ1n) is 7.35. The maximum absolute atomic E-state index is 12.5. The van der Waals surface area contributed by atoms with Crippen LogP contribution in [0.3, 0.4) is 0 Å². The Kier molecular flexibility index (Phi) is 5.19. The standard InChI is InChI=1S/C15H28N2O3/c1-7-8-11-12(18)16-15(5,6)13(19)17(11)9-10-20-14(2,3)4/h11H,7-10H2,1-6H3,(H,16,18). The van der Waals surface area contributed by atoms with Gasteiger partial charge >= 0.3 is 0 Å². The Balaban J connectivity index is 2.78. The highest BCUT2D eigenvalue weighted by atomic mass is 16.5. The number of hydrogen-bond acceptors (Lipinski definition) is 3. The first-order chi connectivity index (χ1) is 9.08. The number of nitrogens with zero attached hydrogens (tertiary/aromatic N) is 1. The molecule has 2 amide bonds. The number of amides is 2. The highest BCUT2D eigenvalue weighted by molar-refractivity contribution is 5.99. The van der Waals surface area contributed by atoms with E-state index in [0.29, 0.717) is 19.6 Å². The monoisotopic (exact) mass is 284 g/mol. The third-order valence-electron chi connectivity index (χ3n) is 3.34. The number of carbonyl (C=O) groups excluding carboxylic acids is 2. The third-order valence-corrected chi connectivity index (χ3v) is 3.34. The molecule has 5 heteroatoms.